The first-order valence-corrected chi connectivity index (χ1v) is 8.85. The maximum atomic E-state index is 11.2. The minimum atomic E-state index is -0.678. The van der Waals surface area contributed by atoms with Gasteiger partial charge in [-0.15, -0.1) is 0 Å². The Kier molecular flexibility index (Phi) is 5.68. The third kappa shape index (κ3) is 4.00. The molecule has 0 aliphatic carbocycles. The number of non-ortho nitro benzene ring substituents is 1. The largest absolute Gasteiger partial charge is 0.359 e. The Morgan fingerprint density at radius 3 is 2.71 bits per heavy atom. The molecule has 2 aromatic carbocycles. The second kappa shape index (κ2) is 8.33. The van der Waals surface area contributed by atoms with Gasteiger partial charge < -0.3 is 10.2 Å². The number of para-hydroxylation sites is 2. The predicted molar refractivity (Wildman–Crippen MR) is 108 cm³/mol. The van der Waals surface area contributed by atoms with Crippen molar-refractivity contribution in [3.8, 4) is 0 Å². The molecule has 0 saturated heterocycles. The number of unbranched alkanes of at least 4 members (excludes halogenated alkanes) is 1. The fraction of sp³-hybridized carbons (Fsp3) is 0.278. The van der Waals surface area contributed by atoms with Crippen molar-refractivity contribution in [3.05, 3.63) is 62.7 Å². The van der Waals surface area contributed by atoms with E-state index in [1.54, 1.807) is 6.21 Å². The van der Waals surface area contributed by atoms with Crippen molar-refractivity contribution in [1.82, 2.24) is 0 Å². The molecule has 1 aliphatic rings. The molecular formula is C18H20N6O4. The van der Waals surface area contributed by atoms with Gasteiger partial charge >= 0.3 is 5.69 Å². The lowest BCUT2D eigenvalue weighted by atomic mass is 10.2. The predicted octanol–water partition coefficient (Wildman–Crippen LogP) is 3.96. The van der Waals surface area contributed by atoms with Gasteiger partial charge in [0.05, 0.1) is 33.5 Å². The number of rotatable bonds is 8. The Morgan fingerprint density at radius 1 is 1.21 bits per heavy atom. The monoisotopic (exact) mass is 384 g/mol. The lowest BCUT2D eigenvalue weighted by Gasteiger charge is -2.23. The highest BCUT2D eigenvalue weighted by atomic mass is 16.6. The Hall–Kier alpha value is -3.69. The quantitative estimate of drug-likeness (QED) is 0.401. The number of fused-ring (bicyclic) bond motifs is 1. The topological polar surface area (TPSA) is 126 Å². The van der Waals surface area contributed by atoms with E-state index in [4.69, 9.17) is 0 Å². The van der Waals surface area contributed by atoms with Crippen LogP contribution in [-0.4, -0.2) is 28.8 Å². The van der Waals surface area contributed by atoms with Crippen molar-refractivity contribution in [1.29, 1.82) is 0 Å². The number of nitrogens with one attached hydrogen (secondary N) is 2. The van der Waals surface area contributed by atoms with Crippen LogP contribution in [-0.2, 0) is 0 Å². The molecule has 1 heterocycles. The van der Waals surface area contributed by atoms with Crippen molar-refractivity contribution in [2.75, 3.05) is 22.2 Å². The lowest BCUT2D eigenvalue weighted by Crippen LogP contribution is -2.37. The third-order valence-corrected chi connectivity index (χ3v) is 4.39. The van der Waals surface area contributed by atoms with Crippen LogP contribution in [0.25, 0.3) is 0 Å². The molecule has 2 aromatic rings. The Morgan fingerprint density at radius 2 is 2.00 bits per heavy atom. The lowest BCUT2D eigenvalue weighted by molar-refractivity contribution is -0.393. The van der Waals surface area contributed by atoms with E-state index in [0.717, 1.165) is 36.8 Å². The van der Waals surface area contributed by atoms with Crippen molar-refractivity contribution in [2.45, 2.75) is 25.9 Å². The van der Waals surface area contributed by atoms with Crippen LogP contribution < -0.4 is 15.6 Å². The molecule has 0 bridgehead atoms. The first kappa shape index (κ1) is 19.1. The molecule has 1 atom stereocenters. The van der Waals surface area contributed by atoms with E-state index in [-0.39, 0.29) is 17.5 Å². The summed E-state index contributed by atoms with van der Waals surface area (Å²) in [6.45, 7) is 2.96. The molecule has 10 nitrogen and oxygen atoms in total. The van der Waals surface area contributed by atoms with Crippen LogP contribution in [0.1, 0.15) is 19.8 Å². The van der Waals surface area contributed by atoms with Crippen molar-refractivity contribution < 1.29 is 9.85 Å². The summed E-state index contributed by atoms with van der Waals surface area (Å²) in [4.78, 5) is 22.9. The van der Waals surface area contributed by atoms with Crippen LogP contribution in [0.4, 0.5) is 28.4 Å². The number of hydrazone groups is 1. The Labute approximate surface area is 161 Å². The highest BCUT2D eigenvalue weighted by Gasteiger charge is 2.26. The molecule has 0 amide bonds. The van der Waals surface area contributed by atoms with Crippen LogP contribution in [0.5, 0.6) is 0 Å². The zero-order valence-corrected chi connectivity index (χ0v) is 15.2. The summed E-state index contributed by atoms with van der Waals surface area (Å²) in [5, 5.41) is 29.5. The standard InChI is InChI=1S/C18H20N6O4/c1-2-3-10-22-16-7-5-4-6-14(16)20-18(22)12-19-21-15-9-8-13(23(25)26)11-17(15)24(27)28/h4-9,11-12,18,20-21H,2-3,10H2,1H3/b19-12+. The summed E-state index contributed by atoms with van der Waals surface area (Å²) in [5.41, 5.74) is 4.04. The van der Waals surface area contributed by atoms with Gasteiger partial charge in [-0.1, -0.05) is 25.5 Å². The molecule has 0 saturated carbocycles. The third-order valence-electron chi connectivity index (χ3n) is 4.39. The second-order valence-electron chi connectivity index (χ2n) is 6.26. The van der Waals surface area contributed by atoms with Crippen molar-refractivity contribution in [2.24, 2.45) is 5.10 Å². The molecule has 3 rings (SSSR count). The number of benzene rings is 2. The fourth-order valence-corrected chi connectivity index (χ4v) is 3.00. The van der Waals surface area contributed by atoms with Gasteiger partial charge in [0, 0.05) is 12.6 Å². The zero-order valence-electron chi connectivity index (χ0n) is 15.2. The number of nitrogens with zero attached hydrogens (tertiary/aromatic N) is 4. The molecule has 1 aliphatic heterocycles. The minimum Gasteiger partial charge on any atom is -0.359 e. The normalized spacial score (nSPS) is 15.3. The molecule has 2 N–H and O–H groups in total. The van der Waals surface area contributed by atoms with Crippen LogP contribution in [0, 0.1) is 20.2 Å². The minimum absolute atomic E-state index is 0.0856. The number of hydrogen-bond acceptors (Lipinski definition) is 8. The van der Waals surface area contributed by atoms with E-state index in [0.29, 0.717) is 0 Å². The van der Waals surface area contributed by atoms with Gasteiger partial charge in [0.1, 0.15) is 11.9 Å². The summed E-state index contributed by atoms with van der Waals surface area (Å²) in [6.07, 6.45) is 3.49. The van der Waals surface area contributed by atoms with Gasteiger partial charge in [0.15, 0.2) is 0 Å². The molecule has 10 heteroatoms. The SMILES string of the molecule is CCCCN1c2ccccc2NC1/C=N/Nc1ccc([N+](=O)[O-])cc1[N+](=O)[O-]. The molecule has 28 heavy (non-hydrogen) atoms. The molecule has 0 aromatic heterocycles. The number of nitro benzene ring substituents is 2. The first-order chi connectivity index (χ1) is 13.5. The van der Waals surface area contributed by atoms with Gasteiger partial charge in [0.25, 0.3) is 5.69 Å². The van der Waals surface area contributed by atoms with Crippen LogP contribution in [0.3, 0.4) is 0 Å². The van der Waals surface area contributed by atoms with Crippen LogP contribution >= 0.6 is 0 Å². The average molecular weight is 384 g/mol. The number of anilines is 3. The van der Waals surface area contributed by atoms with E-state index >= 15 is 0 Å². The molecule has 0 fully saturated rings. The van der Waals surface area contributed by atoms with Gasteiger partial charge in [-0.3, -0.25) is 25.7 Å². The van der Waals surface area contributed by atoms with E-state index in [9.17, 15) is 20.2 Å². The van der Waals surface area contributed by atoms with Gasteiger partial charge in [-0.05, 0) is 24.6 Å². The van der Waals surface area contributed by atoms with E-state index < -0.39 is 15.5 Å². The summed E-state index contributed by atoms with van der Waals surface area (Å²) in [7, 11) is 0. The van der Waals surface area contributed by atoms with E-state index in [1.165, 1.54) is 12.1 Å². The Balaban J connectivity index is 1.77. The van der Waals surface area contributed by atoms with Crippen LogP contribution in [0.15, 0.2) is 47.6 Å². The summed E-state index contributed by atoms with van der Waals surface area (Å²) >= 11 is 0. The molecule has 0 spiro atoms. The maximum absolute atomic E-state index is 11.2. The summed E-state index contributed by atoms with van der Waals surface area (Å²) in [5.74, 6) is 0. The van der Waals surface area contributed by atoms with Crippen molar-refractivity contribution >= 4 is 34.7 Å². The second-order valence-corrected chi connectivity index (χ2v) is 6.26. The molecule has 146 valence electrons. The average Bonchev–Trinajstić information content (AvgIpc) is 3.03. The molecule has 1 unspecified atom stereocenters. The van der Waals surface area contributed by atoms with Crippen LogP contribution in [0.2, 0.25) is 0 Å². The van der Waals surface area contributed by atoms with Gasteiger partial charge in [-0.25, -0.2) is 0 Å². The smallest absolute Gasteiger partial charge is 0.301 e. The molecular weight excluding hydrogens is 364 g/mol. The van der Waals surface area contributed by atoms with E-state index in [1.807, 2.05) is 24.3 Å². The van der Waals surface area contributed by atoms with E-state index in [2.05, 4.69) is 27.7 Å². The maximum Gasteiger partial charge on any atom is 0.301 e. The zero-order chi connectivity index (χ0) is 20.1. The molecule has 0 radical (unpaired) electrons. The highest BCUT2D eigenvalue weighted by molar-refractivity contribution is 5.86. The van der Waals surface area contributed by atoms with Gasteiger partial charge in [-0.2, -0.15) is 5.10 Å². The Bertz CT molecular complexity index is 917. The van der Waals surface area contributed by atoms with Gasteiger partial charge in [0.2, 0.25) is 0 Å². The summed E-state index contributed by atoms with van der Waals surface area (Å²) < 4.78 is 0. The number of hydrogen-bond donors (Lipinski definition) is 2. The summed E-state index contributed by atoms with van der Waals surface area (Å²) in [6, 6.07) is 11.3. The highest BCUT2D eigenvalue weighted by Crippen LogP contribution is 2.34. The first-order valence-electron chi connectivity index (χ1n) is 8.85. The fourth-order valence-electron chi connectivity index (χ4n) is 3.00. The van der Waals surface area contributed by atoms with Crippen molar-refractivity contribution in [3.63, 3.8) is 0 Å². The number of nitro groups is 2.